The topological polar surface area (TPSA) is 37.3 Å². The third-order valence-corrected chi connectivity index (χ3v) is 2.51. The standard InChI is InChI=1S/C11H13ClO2/c1-2-8-5-3-4-6-9(8)7-10(12)11(13)14/h3-6,10H,2,7H2,1H3,(H,13,14). The van der Waals surface area contributed by atoms with E-state index in [0.29, 0.717) is 6.42 Å². The molecule has 1 unspecified atom stereocenters. The highest BCUT2D eigenvalue weighted by molar-refractivity contribution is 6.29. The summed E-state index contributed by atoms with van der Waals surface area (Å²) in [4.78, 5) is 10.6. The van der Waals surface area contributed by atoms with Gasteiger partial charge in [0.1, 0.15) is 5.38 Å². The Morgan fingerprint density at radius 2 is 2.00 bits per heavy atom. The van der Waals surface area contributed by atoms with Gasteiger partial charge >= 0.3 is 5.97 Å². The minimum atomic E-state index is -0.961. The third kappa shape index (κ3) is 2.74. The minimum Gasteiger partial charge on any atom is -0.480 e. The zero-order valence-corrected chi connectivity index (χ0v) is 8.79. The summed E-state index contributed by atoms with van der Waals surface area (Å²) < 4.78 is 0. The van der Waals surface area contributed by atoms with Crippen molar-refractivity contribution in [3.05, 3.63) is 35.4 Å². The first-order chi connectivity index (χ1) is 6.65. The molecular formula is C11H13ClO2. The van der Waals surface area contributed by atoms with Crippen molar-refractivity contribution in [2.45, 2.75) is 25.1 Å². The first kappa shape index (κ1) is 11.1. The van der Waals surface area contributed by atoms with Crippen LogP contribution in [0.2, 0.25) is 0 Å². The molecule has 0 amide bonds. The Morgan fingerprint density at radius 1 is 1.43 bits per heavy atom. The number of rotatable bonds is 4. The Bertz CT molecular complexity index is 323. The predicted molar refractivity (Wildman–Crippen MR) is 56.8 cm³/mol. The first-order valence-electron chi connectivity index (χ1n) is 4.58. The van der Waals surface area contributed by atoms with E-state index in [1.165, 1.54) is 5.56 Å². The Morgan fingerprint density at radius 3 is 2.50 bits per heavy atom. The van der Waals surface area contributed by atoms with Crippen LogP contribution in [0.4, 0.5) is 0 Å². The Labute approximate surface area is 88.5 Å². The van der Waals surface area contributed by atoms with Crippen LogP contribution >= 0.6 is 11.6 Å². The Hall–Kier alpha value is -1.02. The van der Waals surface area contributed by atoms with Crippen LogP contribution in [0.1, 0.15) is 18.1 Å². The van der Waals surface area contributed by atoms with Gasteiger partial charge in [-0.2, -0.15) is 0 Å². The maximum atomic E-state index is 10.6. The van der Waals surface area contributed by atoms with Crippen LogP contribution in [-0.2, 0) is 17.6 Å². The third-order valence-electron chi connectivity index (χ3n) is 2.17. The molecule has 0 saturated carbocycles. The molecule has 76 valence electrons. The zero-order valence-electron chi connectivity index (χ0n) is 8.03. The van der Waals surface area contributed by atoms with Crippen LogP contribution in [-0.4, -0.2) is 16.5 Å². The summed E-state index contributed by atoms with van der Waals surface area (Å²) in [7, 11) is 0. The molecule has 0 aromatic heterocycles. The number of alkyl halides is 1. The molecule has 0 fully saturated rings. The average molecular weight is 213 g/mol. The second kappa shape index (κ2) is 5.01. The summed E-state index contributed by atoms with van der Waals surface area (Å²) in [5, 5.41) is 7.84. The lowest BCUT2D eigenvalue weighted by Crippen LogP contribution is -2.16. The average Bonchev–Trinajstić information content (AvgIpc) is 2.18. The minimum absolute atomic E-state index is 0.390. The molecule has 0 saturated heterocycles. The molecule has 0 radical (unpaired) electrons. The summed E-state index contributed by atoms with van der Waals surface area (Å²) in [6.45, 7) is 2.04. The van der Waals surface area contributed by atoms with Gasteiger partial charge in [0.25, 0.3) is 0 Å². The lowest BCUT2D eigenvalue weighted by atomic mass is 10.0. The van der Waals surface area contributed by atoms with E-state index >= 15 is 0 Å². The summed E-state index contributed by atoms with van der Waals surface area (Å²) in [5.74, 6) is -0.961. The van der Waals surface area contributed by atoms with Crippen molar-refractivity contribution < 1.29 is 9.90 Å². The number of carbonyl (C=O) groups is 1. The molecule has 0 heterocycles. The number of hydrogen-bond donors (Lipinski definition) is 1. The van der Waals surface area contributed by atoms with Crippen LogP contribution in [0.15, 0.2) is 24.3 Å². The zero-order chi connectivity index (χ0) is 10.6. The van der Waals surface area contributed by atoms with Gasteiger partial charge in [0.2, 0.25) is 0 Å². The van der Waals surface area contributed by atoms with Crippen molar-refractivity contribution in [1.82, 2.24) is 0 Å². The summed E-state index contributed by atoms with van der Waals surface area (Å²) in [6, 6.07) is 7.78. The summed E-state index contributed by atoms with van der Waals surface area (Å²) in [5.41, 5.74) is 2.19. The molecule has 0 aliphatic carbocycles. The molecule has 14 heavy (non-hydrogen) atoms. The molecule has 1 rings (SSSR count). The van der Waals surface area contributed by atoms with Gasteiger partial charge in [-0.05, 0) is 24.0 Å². The van der Waals surface area contributed by atoms with Gasteiger partial charge in [-0.15, -0.1) is 11.6 Å². The fourth-order valence-corrected chi connectivity index (χ4v) is 1.55. The van der Waals surface area contributed by atoms with Gasteiger partial charge in [-0.3, -0.25) is 4.79 Å². The van der Waals surface area contributed by atoms with Crippen molar-refractivity contribution in [3.8, 4) is 0 Å². The second-order valence-corrected chi connectivity index (χ2v) is 3.66. The highest BCUT2D eigenvalue weighted by atomic mass is 35.5. The molecule has 3 heteroatoms. The Kier molecular flexibility index (Phi) is 3.96. The molecule has 0 spiro atoms. The number of aryl methyl sites for hydroxylation is 1. The highest BCUT2D eigenvalue weighted by Crippen LogP contribution is 2.14. The second-order valence-electron chi connectivity index (χ2n) is 3.13. The Balaban J connectivity index is 2.80. The molecule has 1 atom stereocenters. The van der Waals surface area contributed by atoms with Crippen LogP contribution in [0.25, 0.3) is 0 Å². The number of benzene rings is 1. The number of hydrogen-bond acceptors (Lipinski definition) is 1. The molecule has 2 nitrogen and oxygen atoms in total. The molecule has 0 aliphatic heterocycles. The molecule has 1 N–H and O–H groups in total. The number of carboxylic acid groups (broad SMARTS) is 1. The maximum absolute atomic E-state index is 10.6. The van der Waals surface area contributed by atoms with E-state index in [1.807, 2.05) is 31.2 Å². The van der Waals surface area contributed by atoms with E-state index in [4.69, 9.17) is 16.7 Å². The fraction of sp³-hybridized carbons (Fsp3) is 0.364. The molecule has 1 aromatic carbocycles. The maximum Gasteiger partial charge on any atom is 0.321 e. The van der Waals surface area contributed by atoms with Crippen LogP contribution in [0.3, 0.4) is 0 Å². The van der Waals surface area contributed by atoms with E-state index in [2.05, 4.69) is 0 Å². The number of halogens is 1. The lowest BCUT2D eigenvalue weighted by molar-refractivity contribution is -0.136. The molecular weight excluding hydrogens is 200 g/mol. The van der Waals surface area contributed by atoms with Crippen molar-refractivity contribution >= 4 is 17.6 Å². The van der Waals surface area contributed by atoms with Gasteiger partial charge in [-0.1, -0.05) is 31.2 Å². The first-order valence-corrected chi connectivity index (χ1v) is 5.02. The molecule has 0 bridgehead atoms. The van der Waals surface area contributed by atoms with Gasteiger partial charge in [0.05, 0.1) is 0 Å². The van der Waals surface area contributed by atoms with Crippen molar-refractivity contribution in [1.29, 1.82) is 0 Å². The largest absolute Gasteiger partial charge is 0.480 e. The van der Waals surface area contributed by atoms with Crippen molar-refractivity contribution in [2.75, 3.05) is 0 Å². The van der Waals surface area contributed by atoms with E-state index < -0.39 is 11.3 Å². The fourth-order valence-electron chi connectivity index (χ4n) is 1.38. The van der Waals surface area contributed by atoms with Crippen LogP contribution < -0.4 is 0 Å². The monoisotopic (exact) mass is 212 g/mol. The smallest absolute Gasteiger partial charge is 0.321 e. The van der Waals surface area contributed by atoms with Crippen molar-refractivity contribution in [3.63, 3.8) is 0 Å². The van der Waals surface area contributed by atoms with Gasteiger partial charge in [-0.25, -0.2) is 0 Å². The van der Waals surface area contributed by atoms with E-state index in [0.717, 1.165) is 12.0 Å². The summed E-state index contributed by atoms with van der Waals surface area (Å²) in [6.07, 6.45) is 1.29. The van der Waals surface area contributed by atoms with Gasteiger partial charge < -0.3 is 5.11 Å². The predicted octanol–water partition coefficient (Wildman–Crippen LogP) is 2.48. The van der Waals surface area contributed by atoms with Gasteiger partial charge in [0.15, 0.2) is 0 Å². The molecule has 1 aromatic rings. The van der Waals surface area contributed by atoms with Gasteiger partial charge in [0, 0.05) is 0 Å². The summed E-state index contributed by atoms with van der Waals surface area (Å²) >= 11 is 5.68. The molecule has 0 aliphatic rings. The van der Waals surface area contributed by atoms with E-state index in [-0.39, 0.29) is 0 Å². The van der Waals surface area contributed by atoms with Crippen molar-refractivity contribution in [2.24, 2.45) is 0 Å². The SMILES string of the molecule is CCc1ccccc1CC(Cl)C(=O)O. The van der Waals surface area contributed by atoms with E-state index in [9.17, 15) is 4.79 Å². The number of aliphatic carboxylic acids is 1. The highest BCUT2D eigenvalue weighted by Gasteiger charge is 2.15. The number of carboxylic acids is 1. The normalized spacial score (nSPS) is 12.4. The quantitative estimate of drug-likeness (QED) is 0.779. The lowest BCUT2D eigenvalue weighted by Gasteiger charge is -2.08. The van der Waals surface area contributed by atoms with Crippen LogP contribution in [0.5, 0.6) is 0 Å². The van der Waals surface area contributed by atoms with E-state index in [1.54, 1.807) is 0 Å². The van der Waals surface area contributed by atoms with Crippen LogP contribution in [0, 0.1) is 0 Å².